The van der Waals surface area contributed by atoms with Crippen LogP contribution in [0.15, 0.2) is 77.6 Å². The zero-order chi connectivity index (χ0) is 20.5. The molecule has 0 spiro atoms. The van der Waals surface area contributed by atoms with Gasteiger partial charge in [0.15, 0.2) is 5.43 Å². The van der Waals surface area contributed by atoms with Crippen molar-refractivity contribution < 1.29 is 9.53 Å². The van der Waals surface area contributed by atoms with Gasteiger partial charge in [-0.1, -0.05) is 42.5 Å². The second-order valence-corrected chi connectivity index (χ2v) is 7.65. The molecule has 5 rings (SSSR count). The Morgan fingerprint density at radius 3 is 2.37 bits per heavy atom. The van der Waals surface area contributed by atoms with E-state index in [4.69, 9.17) is 4.74 Å². The SMILES string of the molecule is O=C([C@H](Oc1ccc2[nH]c3ccccc3c(=O)c2c1)c1ccccc1)N1CCCC1. The predicted molar refractivity (Wildman–Crippen MR) is 118 cm³/mol. The highest BCUT2D eigenvalue weighted by Gasteiger charge is 2.29. The average molecular weight is 398 g/mol. The number of nitrogens with one attached hydrogen (secondary N) is 1. The van der Waals surface area contributed by atoms with Crippen molar-refractivity contribution in [1.82, 2.24) is 9.88 Å². The van der Waals surface area contributed by atoms with Gasteiger partial charge in [0.2, 0.25) is 6.10 Å². The summed E-state index contributed by atoms with van der Waals surface area (Å²) in [5.74, 6) is 0.468. The minimum atomic E-state index is -0.735. The number of fused-ring (bicyclic) bond motifs is 2. The van der Waals surface area contributed by atoms with Gasteiger partial charge in [0.1, 0.15) is 5.75 Å². The Bertz CT molecular complexity index is 1270. The number of pyridine rings is 1. The maximum atomic E-state index is 13.2. The van der Waals surface area contributed by atoms with E-state index in [1.165, 1.54) is 0 Å². The molecule has 1 fully saturated rings. The number of aromatic amines is 1. The molecule has 1 N–H and O–H groups in total. The standard InChI is InChI=1S/C25H22N2O3/c28-23-19-10-4-5-11-21(19)26-22-13-12-18(16-20(22)23)30-24(17-8-2-1-3-9-17)25(29)27-14-6-7-15-27/h1-5,8-13,16,24H,6-7,14-15H2,(H,26,28)/t24-/m1/s1. The summed E-state index contributed by atoms with van der Waals surface area (Å²) in [6.45, 7) is 1.52. The van der Waals surface area contributed by atoms with Crippen LogP contribution in [-0.4, -0.2) is 28.9 Å². The molecule has 0 aliphatic carbocycles. The van der Waals surface area contributed by atoms with Crippen LogP contribution in [-0.2, 0) is 4.79 Å². The van der Waals surface area contributed by atoms with E-state index >= 15 is 0 Å². The van der Waals surface area contributed by atoms with E-state index in [2.05, 4.69) is 4.98 Å². The Labute approximate surface area is 173 Å². The lowest BCUT2D eigenvalue weighted by molar-refractivity contribution is -0.137. The van der Waals surface area contributed by atoms with Crippen molar-refractivity contribution in [2.45, 2.75) is 18.9 Å². The van der Waals surface area contributed by atoms with Crippen LogP contribution < -0.4 is 10.2 Å². The lowest BCUT2D eigenvalue weighted by atomic mass is 10.1. The lowest BCUT2D eigenvalue weighted by Gasteiger charge is -2.24. The molecule has 1 amide bonds. The predicted octanol–water partition coefficient (Wildman–Crippen LogP) is 4.42. The molecular weight excluding hydrogens is 376 g/mol. The number of H-pyrrole nitrogens is 1. The first-order valence-electron chi connectivity index (χ1n) is 10.3. The van der Waals surface area contributed by atoms with Crippen LogP contribution in [0.5, 0.6) is 5.75 Å². The molecule has 1 saturated heterocycles. The average Bonchev–Trinajstić information content (AvgIpc) is 3.33. The molecular formula is C25H22N2O3. The number of carbonyl (C=O) groups is 1. The monoisotopic (exact) mass is 398 g/mol. The van der Waals surface area contributed by atoms with Crippen LogP contribution in [0, 0.1) is 0 Å². The Morgan fingerprint density at radius 1 is 0.867 bits per heavy atom. The van der Waals surface area contributed by atoms with Crippen LogP contribution >= 0.6 is 0 Å². The first kappa shape index (κ1) is 18.4. The number of aromatic nitrogens is 1. The van der Waals surface area contributed by atoms with E-state index in [0.717, 1.165) is 42.5 Å². The Hall–Kier alpha value is -3.60. The van der Waals surface area contributed by atoms with Gasteiger partial charge in [0.05, 0.1) is 5.52 Å². The number of rotatable bonds is 4. The molecule has 0 bridgehead atoms. The number of amides is 1. The maximum absolute atomic E-state index is 13.2. The number of benzene rings is 3. The van der Waals surface area contributed by atoms with Crippen molar-refractivity contribution in [2.24, 2.45) is 0 Å². The van der Waals surface area contributed by atoms with Gasteiger partial charge in [-0.25, -0.2) is 0 Å². The number of hydrogen-bond donors (Lipinski definition) is 1. The summed E-state index contributed by atoms with van der Waals surface area (Å²) in [5, 5.41) is 1.18. The van der Waals surface area contributed by atoms with Gasteiger partial charge in [-0.3, -0.25) is 9.59 Å². The number of ether oxygens (including phenoxy) is 1. The Balaban J connectivity index is 1.55. The molecule has 5 nitrogen and oxygen atoms in total. The van der Waals surface area contributed by atoms with Gasteiger partial charge in [-0.05, 0) is 43.2 Å². The van der Waals surface area contributed by atoms with Crippen molar-refractivity contribution in [1.29, 1.82) is 0 Å². The number of carbonyl (C=O) groups excluding carboxylic acids is 1. The summed E-state index contributed by atoms with van der Waals surface area (Å²) in [6, 6.07) is 22.3. The number of para-hydroxylation sites is 1. The van der Waals surface area contributed by atoms with Crippen LogP contribution in [0.1, 0.15) is 24.5 Å². The first-order chi connectivity index (χ1) is 14.7. The smallest absolute Gasteiger partial charge is 0.268 e. The van der Waals surface area contributed by atoms with Gasteiger partial charge in [-0.2, -0.15) is 0 Å². The molecule has 5 heteroatoms. The van der Waals surface area contributed by atoms with Crippen LogP contribution in [0.25, 0.3) is 21.8 Å². The molecule has 1 aromatic heterocycles. The van der Waals surface area contributed by atoms with Gasteiger partial charge in [0, 0.05) is 34.9 Å². The van der Waals surface area contributed by atoms with Crippen LogP contribution in [0.4, 0.5) is 0 Å². The number of hydrogen-bond acceptors (Lipinski definition) is 3. The third-order valence-electron chi connectivity index (χ3n) is 5.67. The summed E-state index contributed by atoms with van der Waals surface area (Å²) in [5.41, 5.74) is 2.30. The topological polar surface area (TPSA) is 62.4 Å². The normalized spacial score (nSPS) is 14.9. The largest absolute Gasteiger partial charge is 0.476 e. The molecule has 30 heavy (non-hydrogen) atoms. The van der Waals surface area contributed by atoms with Crippen molar-refractivity contribution >= 4 is 27.7 Å². The zero-order valence-electron chi connectivity index (χ0n) is 16.5. The molecule has 1 atom stereocenters. The molecule has 150 valence electrons. The van der Waals surface area contributed by atoms with Gasteiger partial charge >= 0.3 is 0 Å². The second kappa shape index (κ2) is 7.67. The minimum Gasteiger partial charge on any atom is -0.476 e. The van der Waals surface area contributed by atoms with Crippen molar-refractivity contribution in [2.75, 3.05) is 13.1 Å². The second-order valence-electron chi connectivity index (χ2n) is 7.65. The number of nitrogens with zero attached hydrogens (tertiary/aromatic N) is 1. The van der Waals surface area contributed by atoms with Gasteiger partial charge < -0.3 is 14.6 Å². The zero-order valence-corrected chi connectivity index (χ0v) is 16.5. The third kappa shape index (κ3) is 3.32. The molecule has 1 aliphatic rings. The molecule has 2 heterocycles. The van der Waals surface area contributed by atoms with E-state index in [9.17, 15) is 9.59 Å². The summed E-state index contributed by atoms with van der Waals surface area (Å²) in [6.07, 6.45) is 1.30. The van der Waals surface area contributed by atoms with Crippen molar-refractivity contribution in [3.05, 3.63) is 88.6 Å². The van der Waals surface area contributed by atoms with Gasteiger partial charge in [0.25, 0.3) is 5.91 Å². The van der Waals surface area contributed by atoms with E-state index in [-0.39, 0.29) is 11.3 Å². The first-order valence-corrected chi connectivity index (χ1v) is 10.3. The van der Waals surface area contributed by atoms with Crippen LogP contribution in [0.2, 0.25) is 0 Å². The number of likely N-dealkylation sites (tertiary alicyclic amines) is 1. The molecule has 0 radical (unpaired) electrons. The van der Waals surface area contributed by atoms with Crippen molar-refractivity contribution in [3.8, 4) is 5.75 Å². The summed E-state index contributed by atoms with van der Waals surface area (Å²) >= 11 is 0. The molecule has 0 unspecified atom stereocenters. The molecule has 3 aromatic carbocycles. The lowest BCUT2D eigenvalue weighted by Crippen LogP contribution is -2.35. The highest BCUT2D eigenvalue weighted by molar-refractivity contribution is 5.93. The minimum absolute atomic E-state index is 0.0359. The van der Waals surface area contributed by atoms with E-state index in [1.807, 2.05) is 65.6 Å². The molecule has 0 saturated carbocycles. The van der Waals surface area contributed by atoms with E-state index in [0.29, 0.717) is 16.5 Å². The molecule has 4 aromatic rings. The third-order valence-corrected chi connectivity index (χ3v) is 5.67. The van der Waals surface area contributed by atoms with Crippen LogP contribution in [0.3, 0.4) is 0 Å². The maximum Gasteiger partial charge on any atom is 0.268 e. The fourth-order valence-corrected chi connectivity index (χ4v) is 4.10. The quantitative estimate of drug-likeness (QED) is 0.518. The summed E-state index contributed by atoms with van der Waals surface area (Å²) < 4.78 is 6.21. The Kier molecular flexibility index (Phi) is 4.71. The summed E-state index contributed by atoms with van der Waals surface area (Å²) in [7, 11) is 0. The highest BCUT2D eigenvalue weighted by atomic mass is 16.5. The molecule has 1 aliphatic heterocycles. The fourth-order valence-electron chi connectivity index (χ4n) is 4.10. The van der Waals surface area contributed by atoms with E-state index < -0.39 is 6.10 Å². The van der Waals surface area contributed by atoms with E-state index in [1.54, 1.807) is 12.1 Å². The highest BCUT2D eigenvalue weighted by Crippen LogP contribution is 2.28. The van der Waals surface area contributed by atoms with Gasteiger partial charge in [-0.15, -0.1) is 0 Å². The van der Waals surface area contributed by atoms with Crippen molar-refractivity contribution in [3.63, 3.8) is 0 Å². The Morgan fingerprint density at radius 2 is 1.57 bits per heavy atom. The summed E-state index contributed by atoms with van der Waals surface area (Å²) in [4.78, 5) is 31.3. The fraction of sp³-hybridized carbons (Fsp3) is 0.200.